The van der Waals surface area contributed by atoms with Gasteiger partial charge in [-0.15, -0.1) is 0 Å². The monoisotopic (exact) mass is 729 g/mol. The van der Waals surface area contributed by atoms with Crippen molar-refractivity contribution in [2.24, 2.45) is 17.8 Å². The van der Waals surface area contributed by atoms with Crippen LogP contribution in [0.5, 0.6) is 5.75 Å². The summed E-state index contributed by atoms with van der Waals surface area (Å²) in [5.74, 6) is -2.85. The Morgan fingerprint density at radius 1 is 0.981 bits per heavy atom. The van der Waals surface area contributed by atoms with Crippen LogP contribution in [0.15, 0.2) is 72.9 Å². The predicted molar refractivity (Wildman–Crippen MR) is 198 cm³/mol. The van der Waals surface area contributed by atoms with Crippen LogP contribution in [-0.4, -0.2) is 83.8 Å². The third-order valence-electron chi connectivity index (χ3n) is 10.2. The zero-order chi connectivity index (χ0) is 36.9. The molecule has 10 nitrogen and oxygen atoms in total. The molecular formula is C40H45ClFN5O5. The number of halogens is 2. The van der Waals surface area contributed by atoms with Crippen molar-refractivity contribution in [2.75, 3.05) is 33.2 Å². The molecule has 0 spiro atoms. The maximum Gasteiger partial charge on any atom is 0.253 e. The second-order valence-electron chi connectivity index (χ2n) is 14.1. The maximum atomic E-state index is 14.9. The lowest BCUT2D eigenvalue weighted by Crippen LogP contribution is -2.56. The number of ether oxygens (including phenoxy) is 1. The van der Waals surface area contributed by atoms with Gasteiger partial charge in [0.25, 0.3) is 5.91 Å². The van der Waals surface area contributed by atoms with E-state index in [0.717, 1.165) is 28.5 Å². The quantitative estimate of drug-likeness (QED) is 0.181. The number of amides is 4. The molecule has 1 aromatic heterocycles. The number of H-pyrrole nitrogens is 1. The lowest BCUT2D eigenvalue weighted by Gasteiger charge is -2.40. The molecule has 12 heteroatoms. The van der Waals surface area contributed by atoms with E-state index in [1.807, 2.05) is 36.4 Å². The second-order valence-corrected chi connectivity index (χ2v) is 14.5. The van der Waals surface area contributed by atoms with Gasteiger partial charge in [0.1, 0.15) is 6.04 Å². The molecule has 0 saturated carbocycles. The molecule has 6 rings (SSSR count). The van der Waals surface area contributed by atoms with Crippen LogP contribution in [0.25, 0.3) is 10.9 Å². The van der Waals surface area contributed by atoms with E-state index in [0.29, 0.717) is 31.0 Å². The molecule has 0 bridgehead atoms. The summed E-state index contributed by atoms with van der Waals surface area (Å²) >= 11 is 6.17. The third kappa shape index (κ3) is 8.41. The normalized spacial score (nSPS) is 19.0. The van der Waals surface area contributed by atoms with Crippen molar-refractivity contribution in [1.29, 1.82) is 0 Å². The van der Waals surface area contributed by atoms with E-state index in [1.165, 1.54) is 12.1 Å². The van der Waals surface area contributed by atoms with Gasteiger partial charge in [-0.2, -0.15) is 0 Å². The van der Waals surface area contributed by atoms with Crippen LogP contribution in [0.4, 0.5) is 4.39 Å². The molecule has 2 saturated heterocycles. The van der Waals surface area contributed by atoms with Gasteiger partial charge in [0.2, 0.25) is 17.7 Å². The van der Waals surface area contributed by atoms with Crippen LogP contribution in [0.3, 0.4) is 0 Å². The van der Waals surface area contributed by atoms with Crippen LogP contribution in [0.2, 0.25) is 5.02 Å². The van der Waals surface area contributed by atoms with E-state index >= 15 is 0 Å². The van der Waals surface area contributed by atoms with E-state index in [1.54, 1.807) is 55.1 Å². The molecule has 3 aromatic carbocycles. The number of aromatic amines is 1. The van der Waals surface area contributed by atoms with Crippen molar-refractivity contribution in [1.82, 2.24) is 25.4 Å². The van der Waals surface area contributed by atoms with E-state index in [-0.39, 0.29) is 72.4 Å². The molecule has 52 heavy (non-hydrogen) atoms. The number of carbonyl (C=O) groups is 4. The number of benzene rings is 3. The summed E-state index contributed by atoms with van der Waals surface area (Å²) in [5, 5.41) is 7.15. The summed E-state index contributed by atoms with van der Waals surface area (Å²) in [6.07, 6.45) is 3.54. The van der Waals surface area contributed by atoms with E-state index in [4.69, 9.17) is 16.3 Å². The number of likely N-dealkylation sites (N-methyl/N-ethyl adjacent to an activating group) is 1. The minimum Gasteiger partial charge on any atom is -0.488 e. The van der Waals surface area contributed by atoms with Crippen LogP contribution in [0.1, 0.15) is 48.2 Å². The molecule has 3 heterocycles. The van der Waals surface area contributed by atoms with Gasteiger partial charge in [0, 0.05) is 60.9 Å². The van der Waals surface area contributed by atoms with Gasteiger partial charge in [-0.1, -0.05) is 48.0 Å². The number of carbonyl (C=O) groups excluding carboxylic acids is 4. The number of hydrogen-bond donors (Lipinski definition) is 3. The lowest BCUT2D eigenvalue weighted by atomic mass is 9.79. The van der Waals surface area contributed by atoms with Gasteiger partial charge < -0.3 is 30.2 Å². The van der Waals surface area contributed by atoms with Crippen molar-refractivity contribution < 1.29 is 28.3 Å². The topological polar surface area (TPSA) is 124 Å². The average Bonchev–Trinajstić information content (AvgIpc) is 3.75. The molecule has 2 aliphatic heterocycles. The Bertz CT molecular complexity index is 1930. The largest absolute Gasteiger partial charge is 0.488 e. The summed E-state index contributed by atoms with van der Waals surface area (Å²) in [4.78, 5) is 61.4. The summed E-state index contributed by atoms with van der Waals surface area (Å²) in [6.45, 7) is 4.65. The van der Waals surface area contributed by atoms with Crippen molar-refractivity contribution >= 4 is 46.1 Å². The Labute approximate surface area is 308 Å². The number of likely N-dealkylation sites (tertiary alicyclic amines) is 2. The maximum absolute atomic E-state index is 14.9. The third-order valence-corrected chi connectivity index (χ3v) is 10.4. The summed E-state index contributed by atoms with van der Waals surface area (Å²) in [5.41, 5.74) is 2.96. The highest BCUT2D eigenvalue weighted by Gasteiger charge is 2.48. The highest BCUT2D eigenvalue weighted by Crippen LogP contribution is 2.37. The number of nitrogens with one attached hydrogen (secondary N) is 3. The van der Waals surface area contributed by atoms with Crippen LogP contribution < -0.4 is 15.4 Å². The average molecular weight is 730 g/mol. The molecule has 3 N–H and O–H groups in total. The number of nitrogens with zero attached hydrogens (tertiary/aromatic N) is 2. The molecule has 0 aliphatic carbocycles. The highest BCUT2D eigenvalue weighted by molar-refractivity contribution is 6.31. The molecular weight excluding hydrogens is 685 g/mol. The van der Waals surface area contributed by atoms with Gasteiger partial charge in [-0.05, 0) is 86.4 Å². The summed E-state index contributed by atoms with van der Waals surface area (Å²) < 4.78 is 20.4. The number of rotatable bonds is 12. The Morgan fingerprint density at radius 2 is 1.75 bits per heavy atom. The van der Waals surface area contributed by atoms with E-state index in [2.05, 4.69) is 15.6 Å². The van der Waals surface area contributed by atoms with E-state index < -0.39 is 17.8 Å². The number of aromatic nitrogens is 1. The standard InChI is InChI=1S/C40H45ClFN5O5/c1-24(2)52-36-15-12-26(16-33(36)42)40(51)47-21-28-20-46(37(48)17-27-19-44-35-18-29(41)13-14-30(27)35)23-32(31(28)22-47)38(49)45-34(39(50)43-3)11-7-10-25-8-5-4-6-9-25/h4-6,8-9,12-16,18-19,24,28,31-32,34,44H,7,10-11,17,20-23H2,1-3H3,(H,43,50)(H,45,49)/t28?,31?,32?,34-/m0/s1. The van der Waals surface area contributed by atoms with Crippen molar-refractivity contribution in [3.63, 3.8) is 0 Å². The Morgan fingerprint density at radius 3 is 2.48 bits per heavy atom. The van der Waals surface area contributed by atoms with Gasteiger partial charge >= 0.3 is 0 Å². The van der Waals surface area contributed by atoms with Crippen LogP contribution in [0, 0.1) is 23.6 Å². The first-order chi connectivity index (χ1) is 25.0. The first-order valence-corrected chi connectivity index (χ1v) is 18.2. The fourth-order valence-corrected chi connectivity index (χ4v) is 7.72. The molecule has 4 atom stereocenters. The molecule has 4 aromatic rings. The first kappa shape index (κ1) is 36.9. The number of aryl methyl sites for hydroxylation is 1. The Balaban J connectivity index is 1.21. The van der Waals surface area contributed by atoms with Gasteiger partial charge in [-0.25, -0.2) is 4.39 Å². The Hall–Kier alpha value is -4.90. The molecule has 3 unspecified atom stereocenters. The molecule has 4 amide bonds. The minimum absolute atomic E-state index is 0.0697. The molecule has 2 aliphatic rings. The number of hydrogen-bond acceptors (Lipinski definition) is 5. The van der Waals surface area contributed by atoms with Gasteiger partial charge in [0.05, 0.1) is 18.4 Å². The second kappa shape index (κ2) is 16.2. The lowest BCUT2D eigenvalue weighted by molar-refractivity contribution is -0.140. The van der Waals surface area contributed by atoms with Crippen LogP contribution >= 0.6 is 11.6 Å². The van der Waals surface area contributed by atoms with Gasteiger partial charge in [-0.3, -0.25) is 19.2 Å². The van der Waals surface area contributed by atoms with Gasteiger partial charge in [0.15, 0.2) is 11.6 Å². The van der Waals surface area contributed by atoms with Crippen LogP contribution in [-0.2, 0) is 27.2 Å². The number of fused-ring (bicyclic) bond motifs is 2. The zero-order valence-electron chi connectivity index (χ0n) is 29.7. The number of piperidine rings is 1. The molecule has 2 fully saturated rings. The Kier molecular flexibility index (Phi) is 11.5. The van der Waals surface area contributed by atoms with Crippen molar-refractivity contribution in [3.05, 3.63) is 100 Å². The highest BCUT2D eigenvalue weighted by atomic mass is 35.5. The fraction of sp³-hybridized carbons (Fsp3) is 0.400. The smallest absolute Gasteiger partial charge is 0.253 e. The molecule has 274 valence electrons. The zero-order valence-corrected chi connectivity index (χ0v) is 30.4. The SMILES string of the molecule is CNC(=O)[C@H](CCCc1ccccc1)NC(=O)C1CN(C(=O)Cc2c[nH]c3cc(Cl)ccc23)CC2CN(C(=O)c3ccc(OC(C)C)c(F)c3)CC21. The van der Waals surface area contributed by atoms with E-state index in [9.17, 15) is 23.6 Å². The van der Waals surface area contributed by atoms with Crippen molar-refractivity contribution in [2.45, 2.75) is 51.7 Å². The predicted octanol–water partition coefficient (Wildman–Crippen LogP) is 5.39. The summed E-state index contributed by atoms with van der Waals surface area (Å²) in [6, 6.07) is 18.8. The summed E-state index contributed by atoms with van der Waals surface area (Å²) in [7, 11) is 1.54. The fourth-order valence-electron chi connectivity index (χ4n) is 7.54. The first-order valence-electron chi connectivity index (χ1n) is 17.8. The minimum atomic E-state index is -0.766. The van der Waals surface area contributed by atoms with Crippen molar-refractivity contribution in [3.8, 4) is 5.75 Å². The molecule has 0 radical (unpaired) electrons.